The average Bonchev–Trinajstić information content (AvgIpc) is 3.54. The number of halogens is 2. The zero-order valence-corrected chi connectivity index (χ0v) is 25.8. The van der Waals surface area contributed by atoms with Crippen LogP contribution in [-0.2, 0) is 4.79 Å². The van der Waals surface area contributed by atoms with Crippen LogP contribution >= 0.6 is 0 Å². The molecule has 2 aliphatic rings. The molecule has 0 atom stereocenters. The quantitative estimate of drug-likeness (QED) is 0.266. The Balaban J connectivity index is 0.00000139. The van der Waals surface area contributed by atoms with E-state index in [0.717, 1.165) is 28.5 Å². The monoisotopic (exact) mass is 644 g/mol. The number of amides is 1. The number of nitrogens with zero attached hydrogens (tertiary/aromatic N) is 6. The first kappa shape index (κ1) is 32.4. The molecule has 3 N–H and O–H groups in total. The highest BCUT2D eigenvalue weighted by Crippen LogP contribution is 2.37. The summed E-state index contributed by atoms with van der Waals surface area (Å²) in [4.78, 5) is 64.1. The van der Waals surface area contributed by atoms with Crippen LogP contribution in [-0.4, -0.2) is 62.6 Å². The van der Waals surface area contributed by atoms with Gasteiger partial charge in [0.15, 0.2) is 0 Å². The molecule has 0 aliphatic carbocycles. The van der Waals surface area contributed by atoms with E-state index < -0.39 is 40.4 Å². The third-order valence-corrected chi connectivity index (χ3v) is 7.51. The van der Waals surface area contributed by atoms with Crippen LogP contribution in [0.15, 0.2) is 63.4 Å². The molecule has 0 fully saturated rings. The van der Waals surface area contributed by atoms with Crippen molar-refractivity contribution in [3.8, 4) is 5.69 Å². The van der Waals surface area contributed by atoms with Gasteiger partial charge in [-0.1, -0.05) is 0 Å². The number of aliphatic imine (C=N–C) groups is 1. The highest BCUT2D eigenvalue weighted by atomic mass is 19.1. The number of carbonyl (C=O) groups excluding carboxylic acids is 1. The SMILES string of the molecule is CNc1ncc2c(n1)N1CCN=C1C(c1cc(NC(=O)c3cn(C(C)C)c(=O)n(-c4ccc(F)cc4)c3=O)c(F)cc1C)=C2.O=CO. The molecule has 242 valence electrons. The summed E-state index contributed by atoms with van der Waals surface area (Å²) < 4.78 is 30.9. The van der Waals surface area contributed by atoms with E-state index >= 15 is 4.39 Å². The fourth-order valence-electron chi connectivity index (χ4n) is 5.29. The number of nitrogens with one attached hydrogen (secondary N) is 2. The van der Waals surface area contributed by atoms with Crippen molar-refractivity contribution in [2.75, 3.05) is 35.7 Å². The van der Waals surface area contributed by atoms with Gasteiger partial charge in [-0.15, -0.1) is 0 Å². The Morgan fingerprint density at radius 2 is 1.83 bits per heavy atom. The zero-order valence-electron chi connectivity index (χ0n) is 25.8. The summed E-state index contributed by atoms with van der Waals surface area (Å²) in [5.74, 6) is -0.336. The highest BCUT2D eigenvalue weighted by Gasteiger charge is 2.31. The first-order valence-corrected chi connectivity index (χ1v) is 14.4. The average molecular weight is 645 g/mol. The van der Waals surface area contributed by atoms with Crippen LogP contribution in [0.1, 0.15) is 46.9 Å². The molecule has 2 aromatic carbocycles. The maximum absolute atomic E-state index is 15.3. The maximum atomic E-state index is 15.3. The lowest BCUT2D eigenvalue weighted by molar-refractivity contribution is -0.122. The van der Waals surface area contributed by atoms with Gasteiger partial charge in [-0.3, -0.25) is 23.9 Å². The minimum Gasteiger partial charge on any atom is -0.483 e. The molecule has 2 aliphatic heterocycles. The molecule has 0 saturated carbocycles. The summed E-state index contributed by atoms with van der Waals surface area (Å²) in [6, 6.07) is 7.13. The van der Waals surface area contributed by atoms with E-state index in [2.05, 4.69) is 25.6 Å². The topological polar surface area (TPSA) is 164 Å². The van der Waals surface area contributed by atoms with E-state index in [9.17, 15) is 18.8 Å². The number of rotatable bonds is 6. The van der Waals surface area contributed by atoms with Crippen molar-refractivity contribution in [1.29, 1.82) is 0 Å². The molecule has 0 radical (unpaired) electrons. The number of carbonyl (C=O) groups is 2. The van der Waals surface area contributed by atoms with E-state index in [4.69, 9.17) is 9.90 Å². The van der Waals surface area contributed by atoms with E-state index in [-0.39, 0.29) is 17.8 Å². The summed E-state index contributed by atoms with van der Waals surface area (Å²) in [7, 11) is 1.73. The molecule has 13 nitrogen and oxygen atoms in total. The second-order valence-electron chi connectivity index (χ2n) is 10.8. The second kappa shape index (κ2) is 13.2. The molecule has 47 heavy (non-hydrogen) atoms. The van der Waals surface area contributed by atoms with E-state index in [1.807, 2.05) is 11.0 Å². The van der Waals surface area contributed by atoms with Crippen LogP contribution in [0.2, 0.25) is 0 Å². The number of hydrogen-bond acceptors (Lipinski definition) is 9. The van der Waals surface area contributed by atoms with Gasteiger partial charge in [0, 0.05) is 43.2 Å². The van der Waals surface area contributed by atoms with Crippen LogP contribution in [0.3, 0.4) is 0 Å². The molecule has 0 saturated heterocycles. The molecule has 0 unspecified atom stereocenters. The lowest BCUT2D eigenvalue weighted by Gasteiger charge is -2.28. The Labute approximate surface area is 266 Å². The minimum atomic E-state index is -0.924. The van der Waals surface area contributed by atoms with Gasteiger partial charge in [-0.05, 0) is 74.4 Å². The summed E-state index contributed by atoms with van der Waals surface area (Å²) in [6.45, 7) is 6.07. The number of aromatic nitrogens is 4. The number of fused-ring (bicyclic) bond motifs is 3. The third kappa shape index (κ3) is 6.14. The molecular weight excluding hydrogens is 614 g/mol. The summed E-state index contributed by atoms with van der Waals surface area (Å²) >= 11 is 0. The Morgan fingerprint density at radius 1 is 1.13 bits per heavy atom. The number of anilines is 3. The molecule has 15 heteroatoms. The number of aryl methyl sites for hydroxylation is 1. The lowest BCUT2D eigenvalue weighted by Crippen LogP contribution is -2.42. The van der Waals surface area contributed by atoms with E-state index in [1.54, 1.807) is 34.0 Å². The van der Waals surface area contributed by atoms with Gasteiger partial charge < -0.3 is 20.6 Å². The lowest BCUT2D eigenvalue weighted by atomic mass is 9.94. The Hall–Kier alpha value is -5.99. The standard InChI is InChI=1S/C31H28F2N8O3.CH2O2/c1-16(2)40-15-23(29(43)41(31(40)44)20-7-5-19(32)6-8-20)28(42)37-25-13-21(17(3)11-24(25)33)22-12-18-14-36-30(34-4)38-26(18)39-10-9-35-27(22)39;2-1-3/h5-8,11-16H,9-10H2,1-4H3,(H,37,42)(H,34,36,38);1H,(H,2,3). The predicted molar refractivity (Wildman–Crippen MR) is 174 cm³/mol. The fraction of sp³-hybridized carbons (Fsp3) is 0.219. The van der Waals surface area contributed by atoms with E-state index in [1.165, 1.54) is 28.8 Å². The Morgan fingerprint density at radius 3 is 2.49 bits per heavy atom. The van der Waals surface area contributed by atoms with Crippen molar-refractivity contribution in [2.24, 2.45) is 4.99 Å². The third-order valence-electron chi connectivity index (χ3n) is 7.51. The fourth-order valence-corrected chi connectivity index (χ4v) is 5.29. The second-order valence-corrected chi connectivity index (χ2v) is 10.8. The van der Waals surface area contributed by atoms with Crippen molar-refractivity contribution in [3.05, 3.63) is 104 Å². The van der Waals surface area contributed by atoms with Crippen LogP contribution < -0.4 is 26.8 Å². The van der Waals surface area contributed by atoms with Crippen LogP contribution in [0.25, 0.3) is 17.3 Å². The minimum absolute atomic E-state index is 0.0893. The molecule has 4 aromatic rings. The predicted octanol–water partition coefficient (Wildman–Crippen LogP) is 3.72. The van der Waals surface area contributed by atoms with Crippen molar-refractivity contribution < 1.29 is 23.5 Å². The van der Waals surface area contributed by atoms with Gasteiger partial charge in [0.1, 0.15) is 28.9 Å². The van der Waals surface area contributed by atoms with Gasteiger partial charge in [0.2, 0.25) is 5.95 Å². The molecule has 1 amide bonds. The number of benzene rings is 2. The van der Waals surface area contributed by atoms with Crippen LogP contribution in [0.4, 0.5) is 26.2 Å². The van der Waals surface area contributed by atoms with E-state index in [0.29, 0.717) is 47.4 Å². The number of amidine groups is 1. The molecular formula is C32H30F2N8O5. The van der Waals surface area contributed by atoms with Crippen LogP contribution in [0.5, 0.6) is 0 Å². The first-order valence-electron chi connectivity index (χ1n) is 14.4. The molecule has 4 heterocycles. The van der Waals surface area contributed by atoms with Crippen LogP contribution in [0, 0.1) is 18.6 Å². The Kier molecular flexibility index (Phi) is 9.08. The molecule has 6 rings (SSSR count). The van der Waals surface area contributed by atoms with Gasteiger partial charge >= 0.3 is 5.69 Å². The van der Waals surface area contributed by atoms with Gasteiger partial charge in [-0.2, -0.15) is 4.98 Å². The van der Waals surface area contributed by atoms with Crippen molar-refractivity contribution in [3.63, 3.8) is 0 Å². The molecule has 0 spiro atoms. The number of carboxylic acid groups (broad SMARTS) is 1. The summed E-state index contributed by atoms with van der Waals surface area (Å²) in [5, 5.41) is 12.4. The largest absolute Gasteiger partial charge is 0.483 e. The van der Waals surface area contributed by atoms with Gasteiger partial charge in [0.25, 0.3) is 17.9 Å². The zero-order chi connectivity index (χ0) is 34.0. The highest BCUT2D eigenvalue weighted by molar-refractivity contribution is 6.36. The van der Waals surface area contributed by atoms with Gasteiger partial charge in [0.05, 0.1) is 17.9 Å². The molecule has 0 bridgehead atoms. The normalized spacial score (nSPS) is 13.1. The van der Waals surface area contributed by atoms with Crippen molar-refractivity contribution in [2.45, 2.75) is 26.8 Å². The Bertz CT molecular complexity index is 2070. The molecule has 2 aromatic heterocycles. The summed E-state index contributed by atoms with van der Waals surface area (Å²) in [6.07, 6.45) is 4.73. The first-order chi connectivity index (χ1) is 22.5. The van der Waals surface area contributed by atoms with Crippen molar-refractivity contribution >= 4 is 47.3 Å². The number of hydrogen-bond donors (Lipinski definition) is 3. The van der Waals surface area contributed by atoms with Gasteiger partial charge in [-0.25, -0.2) is 23.1 Å². The summed E-state index contributed by atoms with van der Waals surface area (Å²) in [5.41, 5.74) is 0.592. The smallest absolute Gasteiger partial charge is 0.335 e. The maximum Gasteiger partial charge on any atom is 0.335 e. The van der Waals surface area contributed by atoms with Crippen molar-refractivity contribution in [1.82, 2.24) is 19.1 Å².